The molecule has 2 rings (SSSR count). The zero-order valence-electron chi connectivity index (χ0n) is 14.1. The number of nitrogens with zero attached hydrogens (tertiary/aromatic N) is 2. The topological polar surface area (TPSA) is 72.9 Å². The van der Waals surface area contributed by atoms with Gasteiger partial charge in [-0.05, 0) is 31.2 Å². The van der Waals surface area contributed by atoms with Crippen molar-refractivity contribution in [1.29, 1.82) is 0 Å². The lowest BCUT2D eigenvalue weighted by Gasteiger charge is -2.26. The van der Waals surface area contributed by atoms with Crippen molar-refractivity contribution in [3.8, 4) is 0 Å². The fourth-order valence-corrected chi connectivity index (χ4v) is 2.99. The first-order valence-electron chi connectivity index (χ1n) is 8.01. The molecule has 0 spiro atoms. The number of nitrogens with two attached hydrogens (primary N) is 1. The molecule has 3 N–H and O–H groups in total. The standard InChI is InChI=1S/C17H26N4OS/c1-4-17(18,5-2)12-19-16(22)10-21-14-9-7-6-8-13(14)20-15(21)11-23-3/h6-9H,4-5,10-12,18H2,1-3H3,(H,19,22). The van der Waals surface area contributed by atoms with Crippen LogP contribution in [0.25, 0.3) is 11.0 Å². The quantitative estimate of drug-likeness (QED) is 0.778. The van der Waals surface area contributed by atoms with Crippen molar-refractivity contribution in [1.82, 2.24) is 14.9 Å². The molecule has 0 unspecified atom stereocenters. The van der Waals surface area contributed by atoms with Gasteiger partial charge in [-0.3, -0.25) is 4.79 Å². The molecule has 0 saturated carbocycles. The molecule has 6 heteroatoms. The Hall–Kier alpha value is -1.53. The van der Waals surface area contributed by atoms with Crippen LogP contribution in [-0.2, 0) is 17.1 Å². The molecule has 2 aromatic rings. The predicted molar refractivity (Wildman–Crippen MR) is 97.5 cm³/mol. The molecule has 0 radical (unpaired) electrons. The maximum Gasteiger partial charge on any atom is 0.240 e. The van der Waals surface area contributed by atoms with Crippen molar-refractivity contribution in [3.63, 3.8) is 0 Å². The third kappa shape index (κ3) is 4.26. The van der Waals surface area contributed by atoms with E-state index in [0.29, 0.717) is 6.54 Å². The SMILES string of the molecule is CCC(N)(CC)CNC(=O)Cn1c(CSC)nc2ccccc21. The summed E-state index contributed by atoms with van der Waals surface area (Å²) in [6.45, 7) is 4.88. The van der Waals surface area contributed by atoms with Crippen molar-refractivity contribution in [3.05, 3.63) is 30.1 Å². The summed E-state index contributed by atoms with van der Waals surface area (Å²) in [5, 5.41) is 2.98. The van der Waals surface area contributed by atoms with Gasteiger partial charge in [0, 0.05) is 12.1 Å². The summed E-state index contributed by atoms with van der Waals surface area (Å²) < 4.78 is 2.00. The average Bonchev–Trinajstić information content (AvgIpc) is 2.91. The van der Waals surface area contributed by atoms with E-state index in [1.165, 1.54) is 0 Å². The van der Waals surface area contributed by atoms with Crippen LogP contribution in [0.4, 0.5) is 0 Å². The van der Waals surface area contributed by atoms with Crippen molar-refractivity contribution in [2.45, 2.75) is 44.5 Å². The fourth-order valence-electron chi connectivity index (χ4n) is 2.52. The maximum absolute atomic E-state index is 12.4. The van der Waals surface area contributed by atoms with Gasteiger partial charge in [0.25, 0.3) is 0 Å². The fraction of sp³-hybridized carbons (Fsp3) is 0.529. The molecule has 0 aliphatic carbocycles. The monoisotopic (exact) mass is 334 g/mol. The van der Waals surface area contributed by atoms with Gasteiger partial charge in [0.05, 0.1) is 16.8 Å². The molecule has 0 fully saturated rings. The summed E-state index contributed by atoms with van der Waals surface area (Å²) in [5.41, 5.74) is 7.85. The number of amides is 1. The molecule has 0 aliphatic heterocycles. The summed E-state index contributed by atoms with van der Waals surface area (Å²) in [5.74, 6) is 1.69. The van der Waals surface area contributed by atoms with Crippen molar-refractivity contribution in [2.24, 2.45) is 5.73 Å². The summed E-state index contributed by atoms with van der Waals surface area (Å²) >= 11 is 1.70. The number of carbonyl (C=O) groups excluding carboxylic acids is 1. The molecule has 1 amide bonds. The van der Waals surface area contributed by atoms with Crippen LogP contribution in [0.3, 0.4) is 0 Å². The lowest BCUT2D eigenvalue weighted by atomic mass is 9.94. The van der Waals surface area contributed by atoms with Gasteiger partial charge < -0.3 is 15.6 Å². The van der Waals surface area contributed by atoms with Gasteiger partial charge in [-0.2, -0.15) is 11.8 Å². The Balaban J connectivity index is 2.14. The Kier molecular flexibility index (Phi) is 6.07. The van der Waals surface area contributed by atoms with Gasteiger partial charge in [0.15, 0.2) is 0 Å². The van der Waals surface area contributed by atoms with E-state index in [1.54, 1.807) is 11.8 Å². The zero-order valence-corrected chi connectivity index (χ0v) is 14.9. The van der Waals surface area contributed by atoms with E-state index in [0.717, 1.165) is 35.5 Å². The van der Waals surface area contributed by atoms with Gasteiger partial charge >= 0.3 is 0 Å². The van der Waals surface area contributed by atoms with E-state index < -0.39 is 0 Å². The number of nitrogens with one attached hydrogen (secondary N) is 1. The highest BCUT2D eigenvalue weighted by Gasteiger charge is 2.21. The molecule has 1 aromatic carbocycles. The van der Waals surface area contributed by atoms with Gasteiger partial charge in [0.2, 0.25) is 5.91 Å². The first-order valence-corrected chi connectivity index (χ1v) is 9.41. The van der Waals surface area contributed by atoms with Crippen molar-refractivity contribution < 1.29 is 4.79 Å². The number of para-hydroxylation sites is 2. The Morgan fingerprint density at radius 2 is 2.04 bits per heavy atom. The molecule has 0 saturated heterocycles. The second kappa shape index (κ2) is 7.84. The minimum absolute atomic E-state index is 0.0211. The molecule has 126 valence electrons. The lowest BCUT2D eigenvalue weighted by Crippen LogP contribution is -2.49. The molecule has 1 heterocycles. The average molecular weight is 334 g/mol. The zero-order chi connectivity index (χ0) is 16.9. The number of hydrogen-bond donors (Lipinski definition) is 2. The molecule has 1 aromatic heterocycles. The summed E-state index contributed by atoms with van der Waals surface area (Å²) in [6, 6.07) is 7.92. The lowest BCUT2D eigenvalue weighted by molar-refractivity contribution is -0.121. The molecular weight excluding hydrogens is 308 g/mol. The van der Waals surface area contributed by atoms with Crippen LogP contribution in [0, 0.1) is 0 Å². The second-order valence-corrected chi connectivity index (χ2v) is 6.75. The Morgan fingerprint density at radius 3 is 2.70 bits per heavy atom. The molecule has 5 nitrogen and oxygen atoms in total. The Labute approximate surface area is 142 Å². The summed E-state index contributed by atoms with van der Waals surface area (Å²) in [7, 11) is 0. The smallest absolute Gasteiger partial charge is 0.240 e. The number of aromatic nitrogens is 2. The number of imidazole rings is 1. The van der Waals surface area contributed by atoms with E-state index in [4.69, 9.17) is 5.73 Å². The van der Waals surface area contributed by atoms with Crippen molar-refractivity contribution >= 4 is 28.7 Å². The first-order chi connectivity index (χ1) is 11.0. The van der Waals surface area contributed by atoms with E-state index in [9.17, 15) is 4.79 Å². The predicted octanol–water partition coefficient (Wildman–Crippen LogP) is 2.53. The summed E-state index contributed by atoms with van der Waals surface area (Å²) in [6.07, 6.45) is 3.72. The number of hydrogen-bond acceptors (Lipinski definition) is 4. The van der Waals surface area contributed by atoms with Gasteiger partial charge in [-0.25, -0.2) is 4.98 Å². The highest BCUT2D eigenvalue weighted by Crippen LogP contribution is 2.19. The third-order valence-electron chi connectivity index (χ3n) is 4.35. The third-order valence-corrected chi connectivity index (χ3v) is 4.90. The van der Waals surface area contributed by atoms with Crippen LogP contribution >= 0.6 is 11.8 Å². The van der Waals surface area contributed by atoms with Gasteiger partial charge in [0.1, 0.15) is 12.4 Å². The molecule has 0 bridgehead atoms. The molecular formula is C17H26N4OS. The highest BCUT2D eigenvalue weighted by atomic mass is 32.2. The van der Waals surface area contributed by atoms with E-state index in [2.05, 4.69) is 24.1 Å². The van der Waals surface area contributed by atoms with Crippen LogP contribution in [0.1, 0.15) is 32.5 Å². The number of benzene rings is 1. The highest BCUT2D eigenvalue weighted by molar-refractivity contribution is 7.97. The second-order valence-electron chi connectivity index (χ2n) is 5.88. The number of thioether (sulfide) groups is 1. The van der Waals surface area contributed by atoms with Gasteiger partial charge in [-0.15, -0.1) is 0 Å². The van der Waals surface area contributed by atoms with Crippen LogP contribution < -0.4 is 11.1 Å². The minimum atomic E-state index is -0.325. The van der Waals surface area contributed by atoms with E-state index in [-0.39, 0.29) is 18.0 Å². The van der Waals surface area contributed by atoms with Crippen LogP contribution in [0.5, 0.6) is 0 Å². The summed E-state index contributed by atoms with van der Waals surface area (Å²) in [4.78, 5) is 17.0. The normalized spacial score (nSPS) is 11.8. The van der Waals surface area contributed by atoms with Crippen LogP contribution in [0.15, 0.2) is 24.3 Å². The van der Waals surface area contributed by atoms with Crippen LogP contribution in [0.2, 0.25) is 0 Å². The first kappa shape index (κ1) is 17.8. The largest absolute Gasteiger partial charge is 0.353 e. The van der Waals surface area contributed by atoms with Crippen LogP contribution in [-0.4, -0.2) is 33.8 Å². The minimum Gasteiger partial charge on any atom is -0.353 e. The Morgan fingerprint density at radius 1 is 1.35 bits per heavy atom. The molecule has 23 heavy (non-hydrogen) atoms. The van der Waals surface area contributed by atoms with Crippen molar-refractivity contribution in [2.75, 3.05) is 12.8 Å². The van der Waals surface area contributed by atoms with E-state index >= 15 is 0 Å². The number of rotatable bonds is 8. The van der Waals surface area contributed by atoms with E-state index in [1.807, 2.05) is 35.1 Å². The molecule has 0 aliphatic rings. The number of fused-ring (bicyclic) bond motifs is 1. The molecule has 0 atom stereocenters. The Bertz CT molecular complexity index is 664. The number of carbonyl (C=O) groups is 1. The van der Waals surface area contributed by atoms with Gasteiger partial charge in [-0.1, -0.05) is 26.0 Å². The maximum atomic E-state index is 12.4.